The lowest BCUT2D eigenvalue weighted by molar-refractivity contribution is -0.143. The molecule has 1 N–H and O–H groups in total. The molecule has 1 aromatic rings. The van der Waals surface area contributed by atoms with E-state index in [4.69, 9.17) is 0 Å². The Kier molecular flexibility index (Phi) is 5.18. The zero-order chi connectivity index (χ0) is 18.0. The second kappa shape index (κ2) is 6.39. The van der Waals surface area contributed by atoms with Gasteiger partial charge in [0.15, 0.2) is 11.5 Å². The van der Waals surface area contributed by atoms with Crippen molar-refractivity contribution in [3.63, 3.8) is 0 Å². The molecule has 0 aliphatic carbocycles. The summed E-state index contributed by atoms with van der Waals surface area (Å²) >= 11 is 0. The van der Waals surface area contributed by atoms with Crippen molar-refractivity contribution in [2.75, 3.05) is 0 Å². The molecule has 0 amide bonds. The Bertz CT molecular complexity index is 638. The van der Waals surface area contributed by atoms with Crippen LogP contribution in [0.4, 0.5) is 32.0 Å². The van der Waals surface area contributed by atoms with Gasteiger partial charge in [0, 0.05) is 6.92 Å². The van der Waals surface area contributed by atoms with E-state index in [-0.39, 0.29) is 6.07 Å². The molecule has 10 heteroatoms. The van der Waals surface area contributed by atoms with Gasteiger partial charge in [-0.3, -0.25) is 4.79 Å². The first kappa shape index (κ1) is 18.7. The molecule has 0 heterocycles. The lowest BCUT2D eigenvalue weighted by Crippen LogP contribution is -2.10. The highest BCUT2D eigenvalue weighted by Crippen LogP contribution is 2.38. The second-order valence-corrected chi connectivity index (χ2v) is 4.45. The number of benzene rings is 1. The summed E-state index contributed by atoms with van der Waals surface area (Å²) in [5, 5.41) is 15.6. The summed E-state index contributed by atoms with van der Waals surface area (Å²) in [5.74, 6) is -1.32. The standard InChI is InChI=1S/C13H10F6N2O2/c1-6(22)11(7(2)23)21-20-10-4-8(12(14,15)16)3-9(5-10)13(17,18)19/h3-5,22H,1-2H3/b11-6-,21-20?. The average Bonchev–Trinajstić information content (AvgIpc) is 2.35. The molecule has 0 radical (unpaired) electrons. The Morgan fingerprint density at radius 2 is 1.39 bits per heavy atom. The molecule has 1 rings (SSSR count). The fraction of sp³-hybridized carbons (Fsp3) is 0.308. The average molecular weight is 340 g/mol. The molecule has 23 heavy (non-hydrogen) atoms. The summed E-state index contributed by atoms with van der Waals surface area (Å²) in [6.45, 7) is 2.07. The van der Waals surface area contributed by atoms with Gasteiger partial charge in [-0.15, -0.1) is 5.11 Å². The fourth-order valence-corrected chi connectivity index (χ4v) is 1.50. The van der Waals surface area contributed by atoms with Crippen molar-refractivity contribution in [1.29, 1.82) is 0 Å². The van der Waals surface area contributed by atoms with Gasteiger partial charge in [-0.1, -0.05) is 0 Å². The zero-order valence-corrected chi connectivity index (χ0v) is 11.7. The van der Waals surface area contributed by atoms with E-state index in [9.17, 15) is 36.2 Å². The summed E-state index contributed by atoms with van der Waals surface area (Å²) in [6, 6.07) is 0.643. The van der Waals surface area contributed by atoms with E-state index in [1.165, 1.54) is 0 Å². The molecule has 126 valence electrons. The number of Topliss-reactive ketones (excluding diaryl/α,β-unsaturated/α-hetero) is 1. The van der Waals surface area contributed by atoms with Crippen LogP contribution >= 0.6 is 0 Å². The van der Waals surface area contributed by atoms with Crippen molar-refractivity contribution in [3.05, 3.63) is 40.8 Å². The van der Waals surface area contributed by atoms with Crippen molar-refractivity contribution < 1.29 is 36.2 Å². The highest BCUT2D eigenvalue weighted by Gasteiger charge is 2.37. The SMILES string of the molecule is CC(=O)/C(N=Nc1cc(C(F)(F)F)cc(C(F)(F)F)c1)=C(\C)O. The van der Waals surface area contributed by atoms with Gasteiger partial charge in [0.1, 0.15) is 5.76 Å². The topological polar surface area (TPSA) is 62.0 Å². The molecular formula is C13H10F6N2O2. The van der Waals surface area contributed by atoms with Gasteiger partial charge in [0.05, 0.1) is 16.8 Å². The molecule has 0 atom stereocenters. The molecule has 0 bridgehead atoms. The predicted octanol–water partition coefficient (Wildman–Crippen LogP) is 5.19. The lowest BCUT2D eigenvalue weighted by atomic mass is 10.1. The number of halogens is 6. The molecule has 1 aromatic carbocycles. The first-order chi connectivity index (χ1) is 10.3. The van der Waals surface area contributed by atoms with E-state index in [2.05, 4.69) is 10.2 Å². The molecule has 0 saturated heterocycles. The van der Waals surface area contributed by atoms with Crippen LogP contribution in [0.2, 0.25) is 0 Å². The Morgan fingerprint density at radius 1 is 0.957 bits per heavy atom. The summed E-state index contributed by atoms with van der Waals surface area (Å²) in [6.07, 6.45) is -10.0. The maximum atomic E-state index is 12.6. The number of ketones is 1. The van der Waals surface area contributed by atoms with Crippen LogP contribution in [0.3, 0.4) is 0 Å². The quantitative estimate of drug-likeness (QED) is 0.356. The van der Waals surface area contributed by atoms with Gasteiger partial charge in [0.2, 0.25) is 0 Å². The Hall–Kier alpha value is -2.39. The van der Waals surface area contributed by atoms with E-state index >= 15 is 0 Å². The molecule has 0 aromatic heterocycles. The van der Waals surface area contributed by atoms with Gasteiger partial charge in [-0.05, 0) is 25.1 Å². The summed E-state index contributed by atoms with van der Waals surface area (Å²) < 4.78 is 75.9. The maximum Gasteiger partial charge on any atom is 0.416 e. The number of nitrogens with zero attached hydrogens (tertiary/aromatic N) is 2. The molecular weight excluding hydrogens is 330 g/mol. The number of hydrogen-bond donors (Lipinski definition) is 1. The second-order valence-electron chi connectivity index (χ2n) is 4.45. The Labute approximate surface area is 126 Å². The van der Waals surface area contributed by atoms with Crippen LogP contribution in [-0.4, -0.2) is 10.9 Å². The molecule has 0 fully saturated rings. The number of alkyl halides is 6. The van der Waals surface area contributed by atoms with Crippen molar-refractivity contribution >= 4 is 11.5 Å². The number of aliphatic hydroxyl groups excluding tert-OH is 1. The molecule has 4 nitrogen and oxygen atoms in total. The minimum absolute atomic E-state index is 0.0575. The van der Waals surface area contributed by atoms with Crippen molar-refractivity contribution in [2.45, 2.75) is 26.2 Å². The molecule has 0 aliphatic rings. The molecule has 0 unspecified atom stereocenters. The molecule has 0 spiro atoms. The number of carbonyl (C=O) groups excluding carboxylic acids is 1. The van der Waals surface area contributed by atoms with Crippen molar-refractivity contribution in [2.24, 2.45) is 10.2 Å². The maximum absolute atomic E-state index is 12.6. The van der Waals surface area contributed by atoms with Crippen LogP contribution < -0.4 is 0 Å². The van der Waals surface area contributed by atoms with Gasteiger partial charge >= 0.3 is 12.4 Å². The van der Waals surface area contributed by atoms with Gasteiger partial charge in [-0.2, -0.15) is 31.5 Å². The number of carbonyl (C=O) groups is 1. The first-order valence-electron chi connectivity index (χ1n) is 5.94. The third kappa shape index (κ3) is 5.08. The van der Waals surface area contributed by atoms with Gasteiger partial charge in [0.25, 0.3) is 0 Å². The Balaban J connectivity index is 3.42. The van der Waals surface area contributed by atoms with E-state index in [1.807, 2.05) is 0 Å². The lowest BCUT2D eigenvalue weighted by Gasteiger charge is -2.12. The predicted molar refractivity (Wildman–Crippen MR) is 67.0 cm³/mol. The fourth-order valence-electron chi connectivity index (χ4n) is 1.50. The normalized spacial score (nSPS) is 14.1. The van der Waals surface area contributed by atoms with Crippen LogP contribution in [0.5, 0.6) is 0 Å². The van der Waals surface area contributed by atoms with Crippen molar-refractivity contribution in [1.82, 2.24) is 0 Å². The van der Waals surface area contributed by atoms with Crippen LogP contribution in [0.1, 0.15) is 25.0 Å². The minimum atomic E-state index is -5.02. The number of hydrogen-bond acceptors (Lipinski definition) is 4. The van der Waals surface area contributed by atoms with E-state index in [0.29, 0.717) is 12.1 Å². The van der Waals surface area contributed by atoms with E-state index < -0.39 is 46.4 Å². The molecule has 0 aliphatic heterocycles. The van der Waals surface area contributed by atoms with Crippen LogP contribution in [0, 0.1) is 0 Å². The zero-order valence-electron chi connectivity index (χ0n) is 11.7. The van der Waals surface area contributed by atoms with Crippen LogP contribution in [-0.2, 0) is 17.1 Å². The summed E-state index contributed by atoms with van der Waals surface area (Å²) in [5.41, 5.74) is -4.45. The van der Waals surface area contributed by atoms with Gasteiger partial charge in [-0.25, -0.2) is 0 Å². The molecule has 0 saturated carbocycles. The number of aliphatic hydroxyl groups is 1. The largest absolute Gasteiger partial charge is 0.510 e. The smallest absolute Gasteiger partial charge is 0.416 e. The number of rotatable bonds is 3. The Morgan fingerprint density at radius 3 is 1.70 bits per heavy atom. The van der Waals surface area contributed by atoms with Crippen LogP contribution in [0.25, 0.3) is 0 Å². The first-order valence-corrected chi connectivity index (χ1v) is 5.94. The number of azo groups is 1. The van der Waals surface area contributed by atoms with Crippen molar-refractivity contribution in [3.8, 4) is 0 Å². The number of allylic oxidation sites excluding steroid dienone is 2. The van der Waals surface area contributed by atoms with Crippen LogP contribution in [0.15, 0.2) is 39.9 Å². The minimum Gasteiger partial charge on any atom is -0.510 e. The third-order valence-corrected chi connectivity index (χ3v) is 2.51. The summed E-state index contributed by atoms with van der Waals surface area (Å²) in [4.78, 5) is 11.1. The summed E-state index contributed by atoms with van der Waals surface area (Å²) in [7, 11) is 0. The highest BCUT2D eigenvalue weighted by molar-refractivity contribution is 5.93. The monoisotopic (exact) mass is 340 g/mol. The highest BCUT2D eigenvalue weighted by atomic mass is 19.4. The van der Waals surface area contributed by atoms with Gasteiger partial charge < -0.3 is 5.11 Å². The van der Waals surface area contributed by atoms with E-state index in [1.54, 1.807) is 0 Å². The van der Waals surface area contributed by atoms with E-state index in [0.717, 1.165) is 13.8 Å². The third-order valence-electron chi connectivity index (χ3n) is 2.51.